The fourth-order valence-electron chi connectivity index (χ4n) is 5.07. The summed E-state index contributed by atoms with van der Waals surface area (Å²) < 4.78 is 23.0. The molecule has 0 amide bonds. The molecule has 3 fully saturated rings. The molecule has 0 aliphatic carbocycles. The van der Waals surface area contributed by atoms with Crippen molar-refractivity contribution >= 4 is 0 Å². The number of hydrogen-bond donors (Lipinski definition) is 1. The van der Waals surface area contributed by atoms with Gasteiger partial charge in [-0.1, -0.05) is 0 Å². The number of nitrogens with one attached hydrogen (secondary N) is 1. The first-order valence-electron chi connectivity index (χ1n) is 10.2. The molecule has 4 aliphatic rings. The van der Waals surface area contributed by atoms with Crippen LogP contribution < -0.4 is 5.32 Å². The average molecular weight is 363 g/mol. The van der Waals surface area contributed by atoms with Crippen LogP contribution in [0, 0.1) is 0 Å². The Labute approximate surface area is 154 Å². The summed E-state index contributed by atoms with van der Waals surface area (Å²) in [5.41, 5.74) is 0.327. The van der Waals surface area contributed by atoms with Crippen LogP contribution in [-0.4, -0.2) is 82.9 Å². The maximum atomic E-state index is 15.0. The van der Waals surface area contributed by atoms with E-state index in [1.54, 1.807) is 0 Å². The van der Waals surface area contributed by atoms with E-state index in [0.29, 0.717) is 25.4 Å². The Morgan fingerprint density at radius 3 is 2.85 bits per heavy atom. The summed E-state index contributed by atoms with van der Waals surface area (Å²) in [6.45, 7) is 6.18. The molecule has 0 spiro atoms. The summed E-state index contributed by atoms with van der Waals surface area (Å²) in [5.74, 6) is 0. The largest absolute Gasteiger partial charge is 0.351 e. The highest BCUT2D eigenvalue weighted by Gasteiger charge is 2.48. The van der Waals surface area contributed by atoms with E-state index in [1.807, 2.05) is 6.20 Å². The molecule has 6 nitrogen and oxygen atoms in total. The quantitative estimate of drug-likeness (QED) is 0.813. The van der Waals surface area contributed by atoms with Gasteiger partial charge < -0.3 is 15.0 Å². The summed E-state index contributed by atoms with van der Waals surface area (Å²) in [4.78, 5) is 4.93. The number of fused-ring (bicyclic) bond motifs is 2. The normalized spacial score (nSPS) is 33.1. The van der Waals surface area contributed by atoms with Crippen molar-refractivity contribution < 1.29 is 9.13 Å². The summed E-state index contributed by atoms with van der Waals surface area (Å²) >= 11 is 0. The standard InChI is InChI=1S/C19H30FN5O/c20-19(5-8-21-9-6-19)14-23-10-2-15(3-11-23)24-12-4-16-1-7-22-25(16)13-17-18(24)26-17/h1,7,15,17-18,21H,2-6,8-14H2. The molecule has 2 unspecified atom stereocenters. The van der Waals surface area contributed by atoms with Crippen LogP contribution in [0.4, 0.5) is 4.39 Å². The van der Waals surface area contributed by atoms with Crippen LogP contribution in [0.1, 0.15) is 31.4 Å². The zero-order chi connectivity index (χ0) is 17.6. The zero-order valence-electron chi connectivity index (χ0n) is 15.4. The van der Waals surface area contributed by atoms with Crippen LogP contribution in [-0.2, 0) is 17.7 Å². The van der Waals surface area contributed by atoms with E-state index in [1.165, 1.54) is 5.69 Å². The Morgan fingerprint density at radius 2 is 2.04 bits per heavy atom. The average Bonchev–Trinajstić information content (AvgIpc) is 3.22. The lowest BCUT2D eigenvalue weighted by Crippen LogP contribution is -2.52. The van der Waals surface area contributed by atoms with Gasteiger partial charge in [-0.3, -0.25) is 9.58 Å². The zero-order valence-corrected chi connectivity index (χ0v) is 15.4. The van der Waals surface area contributed by atoms with Crippen LogP contribution >= 0.6 is 0 Å². The van der Waals surface area contributed by atoms with Gasteiger partial charge >= 0.3 is 0 Å². The highest BCUT2D eigenvalue weighted by atomic mass is 19.1. The Hall–Kier alpha value is -1.02. The van der Waals surface area contributed by atoms with Gasteiger partial charge in [-0.05, 0) is 57.9 Å². The van der Waals surface area contributed by atoms with Gasteiger partial charge in [-0.15, -0.1) is 0 Å². The predicted octanol–water partition coefficient (Wildman–Crippen LogP) is 1.02. The van der Waals surface area contributed by atoms with Crippen LogP contribution in [0.2, 0.25) is 0 Å². The van der Waals surface area contributed by atoms with E-state index in [-0.39, 0.29) is 12.3 Å². The molecule has 0 saturated carbocycles. The number of ether oxygens (including phenoxy) is 1. The smallest absolute Gasteiger partial charge is 0.139 e. The minimum atomic E-state index is -0.984. The van der Waals surface area contributed by atoms with Crippen molar-refractivity contribution in [3.8, 4) is 0 Å². The SMILES string of the molecule is FC1(CN2CCC(N3CCc4ccnn4CC4OC43)CC2)CCNCC1. The number of epoxide rings is 1. The molecule has 144 valence electrons. The highest BCUT2D eigenvalue weighted by Crippen LogP contribution is 2.34. The fourth-order valence-corrected chi connectivity index (χ4v) is 5.07. The number of likely N-dealkylation sites (tertiary alicyclic amines) is 1. The van der Waals surface area contributed by atoms with Crippen LogP contribution in [0.15, 0.2) is 12.3 Å². The maximum Gasteiger partial charge on any atom is 0.139 e. The molecular formula is C19H30FN5O. The molecule has 7 heteroatoms. The van der Waals surface area contributed by atoms with Gasteiger partial charge in [-0.25, -0.2) is 4.39 Å². The Morgan fingerprint density at radius 1 is 1.23 bits per heavy atom. The lowest BCUT2D eigenvalue weighted by atomic mass is 9.92. The molecule has 0 aromatic carbocycles. The van der Waals surface area contributed by atoms with Gasteiger partial charge in [0.25, 0.3) is 0 Å². The molecule has 1 N–H and O–H groups in total. The molecule has 1 aromatic rings. The van der Waals surface area contributed by atoms with Crippen molar-refractivity contribution in [2.75, 3.05) is 39.3 Å². The van der Waals surface area contributed by atoms with E-state index in [2.05, 4.69) is 31.0 Å². The second-order valence-corrected chi connectivity index (χ2v) is 8.47. The third-order valence-corrected chi connectivity index (χ3v) is 6.70. The summed E-state index contributed by atoms with van der Waals surface area (Å²) in [6, 6.07) is 2.70. The highest BCUT2D eigenvalue weighted by molar-refractivity contribution is 5.05. The number of rotatable bonds is 3. The molecule has 0 radical (unpaired) electrons. The predicted molar refractivity (Wildman–Crippen MR) is 96.7 cm³/mol. The minimum Gasteiger partial charge on any atom is -0.351 e. The molecule has 4 aliphatic heterocycles. The van der Waals surface area contributed by atoms with Gasteiger partial charge in [0.05, 0.1) is 6.54 Å². The van der Waals surface area contributed by atoms with Gasteiger partial charge in [0.1, 0.15) is 18.0 Å². The van der Waals surface area contributed by atoms with E-state index in [4.69, 9.17) is 4.74 Å². The second kappa shape index (κ2) is 6.86. The molecule has 3 saturated heterocycles. The Bertz CT molecular complexity index is 623. The Kier molecular flexibility index (Phi) is 4.51. The molecule has 2 atom stereocenters. The minimum absolute atomic E-state index is 0.265. The Balaban J connectivity index is 1.17. The first-order valence-corrected chi connectivity index (χ1v) is 10.2. The monoisotopic (exact) mass is 363 g/mol. The van der Waals surface area contributed by atoms with Crippen molar-refractivity contribution in [1.29, 1.82) is 0 Å². The molecular weight excluding hydrogens is 333 g/mol. The van der Waals surface area contributed by atoms with E-state index < -0.39 is 5.67 Å². The summed E-state index contributed by atoms with van der Waals surface area (Å²) in [5, 5.41) is 7.68. The lowest BCUT2D eigenvalue weighted by molar-refractivity contribution is 0.0252. The van der Waals surface area contributed by atoms with Crippen LogP contribution in [0.25, 0.3) is 0 Å². The fraction of sp³-hybridized carbons (Fsp3) is 0.842. The van der Waals surface area contributed by atoms with Crippen molar-refractivity contribution in [3.05, 3.63) is 18.0 Å². The lowest BCUT2D eigenvalue weighted by Gasteiger charge is -2.41. The van der Waals surface area contributed by atoms with Crippen LogP contribution in [0.5, 0.6) is 0 Å². The van der Waals surface area contributed by atoms with Gasteiger partial charge in [0.15, 0.2) is 0 Å². The molecule has 0 bridgehead atoms. The number of nitrogens with zero attached hydrogens (tertiary/aromatic N) is 4. The van der Waals surface area contributed by atoms with Gasteiger partial charge in [0.2, 0.25) is 0 Å². The third-order valence-electron chi connectivity index (χ3n) is 6.70. The summed E-state index contributed by atoms with van der Waals surface area (Å²) in [6.07, 6.45) is 7.05. The van der Waals surface area contributed by atoms with E-state index >= 15 is 0 Å². The number of hydrogen-bond acceptors (Lipinski definition) is 5. The molecule has 5 heterocycles. The number of alkyl halides is 1. The van der Waals surface area contributed by atoms with Crippen molar-refractivity contribution in [2.45, 2.75) is 62.7 Å². The summed E-state index contributed by atoms with van der Waals surface area (Å²) in [7, 11) is 0. The van der Waals surface area contributed by atoms with Crippen molar-refractivity contribution in [3.63, 3.8) is 0 Å². The van der Waals surface area contributed by atoms with Crippen LogP contribution in [0.3, 0.4) is 0 Å². The van der Waals surface area contributed by atoms with Gasteiger partial charge in [-0.2, -0.15) is 5.10 Å². The third kappa shape index (κ3) is 3.42. The number of piperidine rings is 2. The topological polar surface area (TPSA) is 48.9 Å². The number of aromatic nitrogens is 2. The first kappa shape index (κ1) is 17.1. The van der Waals surface area contributed by atoms with Crippen molar-refractivity contribution in [1.82, 2.24) is 24.9 Å². The number of halogens is 1. The maximum absolute atomic E-state index is 15.0. The second-order valence-electron chi connectivity index (χ2n) is 8.47. The van der Waals surface area contributed by atoms with E-state index in [0.717, 1.165) is 58.5 Å². The van der Waals surface area contributed by atoms with Gasteiger partial charge in [0, 0.05) is 37.4 Å². The molecule has 1 aromatic heterocycles. The molecule has 26 heavy (non-hydrogen) atoms. The van der Waals surface area contributed by atoms with Crippen molar-refractivity contribution in [2.24, 2.45) is 0 Å². The molecule has 5 rings (SSSR count). The first-order chi connectivity index (χ1) is 12.7. The van der Waals surface area contributed by atoms with E-state index in [9.17, 15) is 4.39 Å².